The van der Waals surface area contributed by atoms with Crippen molar-refractivity contribution in [2.75, 3.05) is 7.05 Å². The minimum absolute atomic E-state index is 0.0474. The molecule has 0 bridgehead atoms. The second-order valence-electron chi connectivity index (χ2n) is 4.76. The Kier molecular flexibility index (Phi) is 4.51. The van der Waals surface area contributed by atoms with Crippen LogP contribution in [0.1, 0.15) is 28.3 Å². The van der Waals surface area contributed by atoms with Crippen molar-refractivity contribution in [3.63, 3.8) is 0 Å². The molecule has 2 rings (SSSR count). The van der Waals surface area contributed by atoms with Crippen molar-refractivity contribution < 1.29 is 0 Å². The average molecular weight is 294 g/mol. The van der Waals surface area contributed by atoms with Crippen molar-refractivity contribution in [1.29, 1.82) is 0 Å². The lowest BCUT2D eigenvalue weighted by Crippen LogP contribution is -2.18. The fraction of sp³-hybridized carbons (Fsp3) is 0.250. The van der Waals surface area contributed by atoms with Crippen LogP contribution in [-0.2, 0) is 0 Å². The molecule has 1 nitrogen and oxygen atoms in total. The summed E-state index contributed by atoms with van der Waals surface area (Å²) in [5.41, 5.74) is 4.42. The maximum Gasteiger partial charge on any atom is 0.0589 e. The number of benzene rings is 2. The number of hydrogen-bond acceptors (Lipinski definition) is 1. The van der Waals surface area contributed by atoms with Gasteiger partial charge in [-0.3, -0.25) is 0 Å². The topological polar surface area (TPSA) is 12.0 Å². The molecule has 0 aliphatic rings. The van der Waals surface area contributed by atoms with Gasteiger partial charge in [-0.25, -0.2) is 0 Å². The van der Waals surface area contributed by atoms with Crippen molar-refractivity contribution in [2.45, 2.75) is 19.9 Å². The summed E-state index contributed by atoms with van der Waals surface area (Å²) in [6, 6.07) is 12.3. The molecule has 0 heterocycles. The largest absolute Gasteiger partial charge is 0.309 e. The van der Waals surface area contributed by atoms with E-state index in [0.717, 1.165) is 32.3 Å². The van der Waals surface area contributed by atoms with Crippen molar-refractivity contribution in [3.05, 3.63) is 68.7 Å². The lowest BCUT2D eigenvalue weighted by atomic mass is 9.97. The van der Waals surface area contributed by atoms with Crippen molar-refractivity contribution >= 4 is 23.2 Å². The third-order valence-corrected chi connectivity index (χ3v) is 4.02. The van der Waals surface area contributed by atoms with E-state index in [1.165, 1.54) is 0 Å². The summed E-state index contributed by atoms with van der Waals surface area (Å²) in [5, 5.41) is 4.85. The Bertz CT molecular complexity index is 593. The van der Waals surface area contributed by atoms with Gasteiger partial charge in [0.1, 0.15) is 0 Å². The molecular formula is C16H17Cl2N. The molecule has 19 heavy (non-hydrogen) atoms. The van der Waals surface area contributed by atoms with Crippen molar-refractivity contribution in [1.82, 2.24) is 5.32 Å². The molecule has 0 aromatic heterocycles. The standard InChI is InChI=1S/C16H17Cl2N/c1-10-4-7-13(15(18)8-10)16(19-3)12-6-5-11(2)14(17)9-12/h4-9,16,19H,1-3H3. The first-order valence-electron chi connectivity index (χ1n) is 6.22. The zero-order valence-electron chi connectivity index (χ0n) is 11.3. The molecule has 0 aliphatic carbocycles. The lowest BCUT2D eigenvalue weighted by molar-refractivity contribution is 0.691. The normalized spacial score (nSPS) is 12.5. The molecule has 2 aromatic carbocycles. The number of nitrogens with one attached hydrogen (secondary N) is 1. The first kappa shape index (κ1) is 14.4. The fourth-order valence-electron chi connectivity index (χ4n) is 2.16. The van der Waals surface area contributed by atoms with Crippen LogP contribution in [0, 0.1) is 13.8 Å². The number of hydrogen-bond donors (Lipinski definition) is 1. The number of rotatable bonds is 3. The molecule has 0 saturated carbocycles. The van der Waals surface area contributed by atoms with Gasteiger partial charge in [-0.05, 0) is 55.3 Å². The molecular weight excluding hydrogens is 277 g/mol. The highest BCUT2D eigenvalue weighted by Crippen LogP contribution is 2.30. The number of halogens is 2. The highest BCUT2D eigenvalue weighted by molar-refractivity contribution is 6.32. The zero-order chi connectivity index (χ0) is 14.0. The summed E-state index contributed by atoms with van der Waals surface area (Å²) in [4.78, 5) is 0. The summed E-state index contributed by atoms with van der Waals surface area (Å²) >= 11 is 12.6. The molecule has 0 aliphatic heterocycles. The van der Waals surface area contributed by atoms with Gasteiger partial charge in [-0.2, -0.15) is 0 Å². The SMILES string of the molecule is CNC(c1ccc(C)c(Cl)c1)c1ccc(C)cc1Cl. The molecule has 0 radical (unpaired) electrons. The molecule has 1 unspecified atom stereocenters. The molecule has 1 atom stereocenters. The van der Waals surface area contributed by atoms with E-state index in [2.05, 4.69) is 23.5 Å². The van der Waals surface area contributed by atoms with Gasteiger partial charge in [0.05, 0.1) is 6.04 Å². The van der Waals surface area contributed by atoms with Gasteiger partial charge in [0, 0.05) is 10.0 Å². The molecule has 1 N–H and O–H groups in total. The van der Waals surface area contributed by atoms with E-state index in [1.807, 2.05) is 39.1 Å². The van der Waals surface area contributed by atoms with Gasteiger partial charge in [0.25, 0.3) is 0 Å². The Balaban J connectivity index is 2.46. The summed E-state index contributed by atoms with van der Waals surface area (Å²) in [6.07, 6.45) is 0. The molecule has 100 valence electrons. The van der Waals surface area contributed by atoms with Crippen LogP contribution in [0.4, 0.5) is 0 Å². The van der Waals surface area contributed by atoms with Crippen LogP contribution in [0.15, 0.2) is 36.4 Å². The van der Waals surface area contributed by atoms with E-state index in [-0.39, 0.29) is 6.04 Å². The third kappa shape index (κ3) is 3.11. The van der Waals surface area contributed by atoms with Crippen LogP contribution in [0.3, 0.4) is 0 Å². The van der Waals surface area contributed by atoms with E-state index in [0.29, 0.717) is 0 Å². The van der Waals surface area contributed by atoms with Crippen LogP contribution in [-0.4, -0.2) is 7.05 Å². The second-order valence-corrected chi connectivity index (χ2v) is 5.57. The summed E-state index contributed by atoms with van der Waals surface area (Å²) in [6.45, 7) is 4.03. The van der Waals surface area contributed by atoms with Gasteiger partial charge < -0.3 is 5.32 Å². The predicted octanol–water partition coefficient (Wildman–Crippen LogP) is 4.92. The van der Waals surface area contributed by atoms with Crippen molar-refractivity contribution in [3.8, 4) is 0 Å². The third-order valence-electron chi connectivity index (χ3n) is 3.28. The van der Waals surface area contributed by atoms with Gasteiger partial charge in [-0.15, -0.1) is 0 Å². The van der Waals surface area contributed by atoms with Gasteiger partial charge in [0.2, 0.25) is 0 Å². The highest BCUT2D eigenvalue weighted by Gasteiger charge is 2.15. The maximum absolute atomic E-state index is 6.35. The van der Waals surface area contributed by atoms with E-state index < -0.39 is 0 Å². The van der Waals surface area contributed by atoms with Crippen LogP contribution in [0.25, 0.3) is 0 Å². The maximum atomic E-state index is 6.35. The number of aryl methyl sites for hydroxylation is 2. The summed E-state index contributed by atoms with van der Waals surface area (Å²) < 4.78 is 0. The average Bonchev–Trinajstić information content (AvgIpc) is 2.37. The minimum Gasteiger partial charge on any atom is -0.309 e. The van der Waals surface area contributed by atoms with Crippen LogP contribution < -0.4 is 5.32 Å². The lowest BCUT2D eigenvalue weighted by Gasteiger charge is -2.19. The van der Waals surface area contributed by atoms with Crippen molar-refractivity contribution in [2.24, 2.45) is 0 Å². The Morgan fingerprint density at radius 2 is 1.68 bits per heavy atom. The fourth-order valence-corrected chi connectivity index (χ4v) is 2.69. The first-order valence-corrected chi connectivity index (χ1v) is 6.98. The smallest absolute Gasteiger partial charge is 0.0589 e. The second kappa shape index (κ2) is 5.96. The van der Waals surface area contributed by atoms with E-state index >= 15 is 0 Å². The zero-order valence-corrected chi connectivity index (χ0v) is 12.8. The molecule has 0 fully saturated rings. The Labute approximate surface area is 124 Å². The quantitative estimate of drug-likeness (QED) is 0.847. The molecule has 0 amide bonds. The Morgan fingerprint density at radius 1 is 0.947 bits per heavy atom. The monoisotopic (exact) mass is 293 g/mol. The summed E-state index contributed by atoms with van der Waals surface area (Å²) in [7, 11) is 1.93. The van der Waals surface area contributed by atoms with Gasteiger partial charge in [-0.1, -0.05) is 47.5 Å². The van der Waals surface area contributed by atoms with Gasteiger partial charge in [0.15, 0.2) is 0 Å². The summed E-state index contributed by atoms with van der Waals surface area (Å²) in [5.74, 6) is 0. The van der Waals surface area contributed by atoms with Gasteiger partial charge >= 0.3 is 0 Å². The van der Waals surface area contributed by atoms with Crippen LogP contribution in [0.5, 0.6) is 0 Å². The molecule has 3 heteroatoms. The first-order chi connectivity index (χ1) is 9.02. The predicted molar refractivity (Wildman–Crippen MR) is 83.3 cm³/mol. The van der Waals surface area contributed by atoms with Crippen LogP contribution in [0.2, 0.25) is 10.0 Å². The Hall–Kier alpha value is -1.02. The minimum atomic E-state index is 0.0474. The van der Waals surface area contributed by atoms with E-state index in [4.69, 9.17) is 23.2 Å². The van der Waals surface area contributed by atoms with E-state index in [9.17, 15) is 0 Å². The van der Waals surface area contributed by atoms with E-state index in [1.54, 1.807) is 0 Å². The van der Waals surface area contributed by atoms with Crippen LogP contribution >= 0.6 is 23.2 Å². The molecule has 2 aromatic rings. The highest BCUT2D eigenvalue weighted by atomic mass is 35.5. The molecule has 0 spiro atoms. The molecule has 0 saturated heterocycles. The Morgan fingerprint density at radius 3 is 2.26 bits per heavy atom.